The van der Waals surface area contributed by atoms with E-state index in [4.69, 9.17) is 4.74 Å². The summed E-state index contributed by atoms with van der Waals surface area (Å²) in [6.45, 7) is 2.93. The molecular weight excluding hydrogens is 386 g/mol. The average molecular weight is 408 g/mol. The molecule has 2 unspecified atom stereocenters. The molecule has 0 radical (unpaired) electrons. The predicted molar refractivity (Wildman–Crippen MR) is 103 cm³/mol. The van der Waals surface area contributed by atoms with Crippen LogP contribution in [0.3, 0.4) is 0 Å². The van der Waals surface area contributed by atoms with Crippen molar-refractivity contribution < 1.29 is 13.2 Å². The van der Waals surface area contributed by atoms with Gasteiger partial charge in [0.05, 0.1) is 6.26 Å². The van der Waals surface area contributed by atoms with E-state index in [2.05, 4.69) is 15.3 Å². The Morgan fingerprint density at radius 3 is 2.78 bits per heavy atom. The molecule has 3 aromatic rings. The first kappa shape index (κ1) is 18.3. The molecule has 1 fully saturated rings. The van der Waals surface area contributed by atoms with Crippen LogP contribution in [0.2, 0.25) is 0 Å². The molecule has 0 aliphatic carbocycles. The van der Waals surface area contributed by atoms with Crippen molar-refractivity contribution >= 4 is 26.3 Å². The fraction of sp³-hybridized carbons (Fsp3) is 0.471. The minimum atomic E-state index is -3.21. The maximum atomic E-state index is 11.9. The van der Waals surface area contributed by atoms with Crippen LogP contribution in [0, 0.1) is 0 Å². The Kier molecular flexibility index (Phi) is 4.87. The highest BCUT2D eigenvalue weighted by Gasteiger charge is 2.30. The van der Waals surface area contributed by atoms with Gasteiger partial charge in [0.15, 0.2) is 10.8 Å². The standard InChI is InChI=1S/C17H21N5O3S2/c1-12(25-14-8-4-3-5-9-14)16-20-22-15(18-19-17(22)26-16)13-7-6-10-21(11-13)27(2,23)24/h3-5,8-9,12-13H,6-7,10-11H2,1-2H3. The topological polar surface area (TPSA) is 89.7 Å². The molecule has 144 valence electrons. The molecular formula is C17H21N5O3S2. The molecule has 27 heavy (non-hydrogen) atoms. The van der Waals surface area contributed by atoms with Gasteiger partial charge in [0.25, 0.3) is 0 Å². The Hall–Kier alpha value is -2.04. The number of hydrogen-bond acceptors (Lipinski definition) is 7. The summed E-state index contributed by atoms with van der Waals surface area (Å²) in [4.78, 5) is 0.694. The quantitative estimate of drug-likeness (QED) is 0.645. The lowest BCUT2D eigenvalue weighted by atomic mass is 9.99. The van der Waals surface area contributed by atoms with Crippen molar-refractivity contribution in [3.63, 3.8) is 0 Å². The number of nitrogens with zero attached hydrogens (tertiary/aromatic N) is 5. The lowest BCUT2D eigenvalue weighted by molar-refractivity contribution is 0.225. The summed E-state index contributed by atoms with van der Waals surface area (Å²) >= 11 is 1.44. The van der Waals surface area contributed by atoms with E-state index in [1.807, 2.05) is 37.3 Å². The molecule has 0 bridgehead atoms. The van der Waals surface area contributed by atoms with Crippen molar-refractivity contribution in [3.05, 3.63) is 41.2 Å². The second kappa shape index (κ2) is 7.17. The van der Waals surface area contributed by atoms with Gasteiger partial charge in [-0.15, -0.1) is 10.2 Å². The van der Waals surface area contributed by atoms with Crippen LogP contribution in [0.5, 0.6) is 5.75 Å². The zero-order chi connectivity index (χ0) is 19.0. The van der Waals surface area contributed by atoms with Crippen molar-refractivity contribution in [3.8, 4) is 5.75 Å². The molecule has 0 amide bonds. The first-order valence-electron chi connectivity index (χ1n) is 8.80. The minimum absolute atomic E-state index is 0.0104. The van der Waals surface area contributed by atoms with E-state index in [9.17, 15) is 8.42 Å². The summed E-state index contributed by atoms with van der Waals surface area (Å²) in [7, 11) is -3.21. The molecule has 1 aliphatic rings. The lowest BCUT2D eigenvalue weighted by Gasteiger charge is -2.29. The largest absolute Gasteiger partial charge is 0.483 e. The molecule has 1 aromatic carbocycles. The summed E-state index contributed by atoms with van der Waals surface area (Å²) in [5, 5.41) is 14.0. The Morgan fingerprint density at radius 1 is 1.26 bits per heavy atom. The zero-order valence-electron chi connectivity index (χ0n) is 15.1. The van der Waals surface area contributed by atoms with Crippen LogP contribution in [0.4, 0.5) is 0 Å². The van der Waals surface area contributed by atoms with E-state index in [1.54, 1.807) is 4.52 Å². The molecule has 0 N–H and O–H groups in total. The van der Waals surface area contributed by atoms with Crippen molar-refractivity contribution in [2.24, 2.45) is 0 Å². The van der Waals surface area contributed by atoms with E-state index in [-0.39, 0.29) is 12.0 Å². The lowest BCUT2D eigenvalue weighted by Crippen LogP contribution is -2.38. The summed E-state index contributed by atoms with van der Waals surface area (Å²) in [6.07, 6.45) is 2.71. The third kappa shape index (κ3) is 3.83. The number of ether oxygens (including phenoxy) is 1. The molecule has 4 rings (SSSR count). The molecule has 8 nitrogen and oxygen atoms in total. The molecule has 1 saturated heterocycles. The fourth-order valence-electron chi connectivity index (χ4n) is 3.27. The van der Waals surface area contributed by atoms with Crippen LogP contribution in [-0.4, -0.2) is 51.9 Å². The van der Waals surface area contributed by atoms with Gasteiger partial charge in [0, 0.05) is 19.0 Å². The van der Waals surface area contributed by atoms with Crippen LogP contribution in [0.15, 0.2) is 30.3 Å². The van der Waals surface area contributed by atoms with Crippen LogP contribution in [0.1, 0.15) is 42.6 Å². The fourth-order valence-corrected chi connectivity index (χ4v) is 5.01. The summed E-state index contributed by atoms with van der Waals surface area (Å²) in [5.74, 6) is 1.49. The first-order valence-corrected chi connectivity index (χ1v) is 11.5. The Morgan fingerprint density at radius 2 is 2.04 bits per heavy atom. The van der Waals surface area contributed by atoms with Crippen LogP contribution in [-0.2, 0) is 10.0 Å². The maximum absolute atomic E-state index is 11.9. The third-order valence-electron chi connectivity index (χ3n) is 4.65. The Balaban J connectivity index is 1.57. The predicted octanol–water partition coefficient (Wildman–Crippen LogP) is 2.46. The highest BCUT2D eigenvalue weighted by Crippen LogP contribution is 2.30. The Labute approximate surface area is 161 Å². The van der Waals surface area contributed by atoms with Gasteiger partial charge in [0.2, 0.25) is 15.0 Å². The number of piperidine rings is 1. The highest BCUT2D eigenvalue weighted by molar-refractivity contribution is 7.88. The number of hydrogen-bond donors (Lipinski definition) is 0. The van der Waals surface area contributed by atoms with E-state index in [0.717, 1.165) is 23.6 Å². The van der Waals surface area contributed by atoms with E-state index in [1.165, 1.54) is 21.9 Å². The van der Waals surface area contributed by atoms with E-state index < -0.39 is 10.0 Å². The van der Waals surface area contributed by atoms with Crippen molar-refractivity contribution in [2.75, 3.05) is 19.3 Å². The van der Waals surface area contributed by atoms with Gasteiger partial charge in [-0.2, -0.15) is 9.61 Å². The molecule has 0 spiro atoms. The number of aromatic nitrogens is 4. The second-order valence-corrected chi connectivity index (χ2v) is 9.70. The van der Waals surface area contributed by atoms with Crippen LogP contribution >= 0.6 is 11.3 Å². The van der Waals surface area contributed by atoms with Gasteiger partial charge in [-0.3, -0.25) is 0 Å². The number of rotatable bonds is 5. The number of fused-ring (bicyclic) bond motifs is 1. The van der Waals surface area contributed by atoms with Gasteiger partial charge in [-0.1, -0.05) is 29.5 Å². The molecule has 10 heteroatoms. The highest BCUT2D eigenvalue weighted by atomic mass is 32.2. The summed E-state index contributed by atoms with van der Waals surface area (Å²) in [6, 6.07) is 9.61. The van der Waals surface area contributed by atoms with E-state index in [0.29, 0.717) is 23.9 Å². The van der Waals surface area contributed by atoms with Gasteiger partial charge < -0.3 is 4.74 Å². The van der Waals surface area contributed by atoms with Crippen LogP contribution < -0.4 is 4.74 Å². The van der Waals surface area contributed by atoms with Gasteiger partial charge in [-0.25, -0.2) is 12.7 Å². The smallest absolute Gasteiger partial charge is 0.234 e. The molecule has 1 aliphatic heterocycles. The summed E-state index contributed by atoms with van der Waals surface area (Å²) < 4.78 is 33.0. The monoisotopic (exact) mass is 407 g/mol. The molecule has 0 saturated carbocycles. The minimum Gasteiger partial charge on any atom is -0.483 e. The van der Waals surface area contributed by atoms with Gasteiger partial charge >= 0.3 is 0 Å². The van der Waals surface area contributed by atoms with Crippen molar-refractivity contribution in [1.82, 2.24) is 24.1 Å². The third-order valence-corrected chi connectivity index (χ3v) is 6.98. The normalized spacial score (nSPS) is 20.0. The van der Waals surface area contributed by atoms with Gasteiger partial charge in [0.1, 0.15) is 11.9 Å². The molecule has 2 atom stereocenters. The average Bonchev–Trinajstić information content (AvgIpc) is 3.22. The van der Waals surface area contributed by atoms with Crippen molar-refractivity contribution in [2.45, 2.75) is 31.8 Å². The van der Waals surface area contributed by atoms with Crippen LogP contribution in [0.25, 0.3) is 4.96 Å². The number of para-hydroxylation sites is 1. The van der Waals surface area contributed by atoms with E-state index >= 15 is 0 Å². The SMILES string of the molecule is CC(Oc1ccccc1)c1nn2c(C3CCCN(S(C)(=O)=O)C3)nnc2s1. The van der Waals surface area contributed by atoms with Gasteiger partial charge in [-0.05, 0) is 31.9 Å². The van der Waals surface area contributed by atoms with Crippen molar-refractivity contribution in [1.29, 1.82) is 0 Å². The Bertz CT molecular complexity index is 1030. The maximum Gasteiger partial charge on any atom is 0.234 e. The molecule has 2 aromatic heterocycles. The first-order chi connectivity index (χ1) is 12.9. The zero-order valence-corrected chi connectivity index (χ0v) is 16.8. The molecule has 3 heterocycles. The summed E-state index contributed by atoms with van der Waals surface area (Å²) in [5.41, 5.74) is 0. The number of benzene rings is 1. The second-order valence-electron chi connectivity index (χ2n) is 6.73. The number of sulfonamides is 1.